The van der Waals surface area contributed by atoms with Gasteiger partial charge in [0, 0.05) is 30.0 Å². The van der Waals surface area contributed by atoms with Crippen LogP contribution >= 0.6 is 11.8 Å². The van der Waals surface area contributed by atoms with Crippen molar-refractivity contribution in [1.82, 2.24) is 4.98 Å². The molecule has 1 unspecified atom stereocenters. The standard InChI is InChI=1S/C15H18N2S/c1-4-13-6-7-16-10-14(13)15(5-1)17-9-12-3-2-8-18-11-12/h1,4-7,10,12,17H,2-3,8-9,11H2. The van der Waals surface area contributed by atoms with Crippen LogP contribution in [0.4, 0.5) is 5.69 Å². The Morgan fingerprint density at radius 3 is 3.22 bits per heavy atom. The fraction of sp³-hybridized carbons (Fsp3) is 0.400. The van der Waals surface area contributed by atoms with E-state index in [9.17, 15) is 0 Å². The van der Waals surface area contributed by atoms with Gasteiger partial charge in [-0.3, -0.25) is 4.98 Å². The number of hydrogen-bond donors (Lipinski definition) is 1. The van der Waals surface area contributed by atoms with E-state index in [0.717, 1.165) is 12.5 Å². The van der Waals surface area contributed by atoms with Crippen LogP contribution in [0, 0.1) is 5.92 Å². The topological polar surface area (TPSA) is 24.9 Å². The van der Waals surface area contributed by atoms with Crippen molar-refractivity contribution >= 4 is 28.2 Å². The Morgan fingerprint density at radius 2 is 2.33 bits per heavy atom. The van der Waals surface area contributed by atoms with Crippen LogP contribution in [0.1, 0.15) is 12.8 Å². The van der Waals surface area contributed by atoms with Gasteiger partial charge in [-0.15, -0.1) is 0 Å². The third kappa shape index (κ3) is 2.61. The number of nitrogens with one attached hydrogen (secondary N) is 1. The van der Waals surface area contributed by atoms with E-state index in [4.69, 9.17) is 0 Å². The molecule has 0 bridgehead atoms. The van der Waals surface area contributed by atoms with Crippen LogP contribution in [0.15, 0.2) is 36.7 Å². The van der Waals surface area contributed by atoms with Crippen molar-refractivity contribution in [2.75, 3.05) is 23.4 Å². The molecule has 1 saturated heterocycles. The van der Waals surface area contributed by atoms with E-state index in [1.54, 1.807) is 0 Å². The van der Waals surface area contributed by atoms with E-state index < -0.39 is 0 Å². The van der Waals surface area contributed by atoms with Gasteiger partial charge in [-0.2, -0.15) is 11.8 Å². The summed E-state index contributed by atoms with van der Waals surface area (Å²) in [6.07, 6.45) is 6.54. The molecule has 2 nitrogen and oxygen atoms in total. The van der Waals surface area contributed by atoms with Crippen molar-refractivity contribution in [3.63, 3.8) is 0 Å². The van der Waals surface area contributed by atoms with Gasteiger partial charge in [-0.05, 0) is 47.8 Å². The largest absolute Gasteiger partial charge is 0.384 e. The first-order valence-electron chi connectivity index (χ1n) is 6.58. The number of thioether (sulfide) groups is 1. The van der Waals surface area contributed by atoms with Crippen LogP contribution in [0.5, 0.6) is 0 Å². The number of aromatic nitrogens is 1. The van der Waals surface area contributed by atoms with Gasteiger partial charge in [0.2, 0.25) is 0 Å². The monoisotopic (exact) mass is 258 g/mol. The van der Waals surface area contributed by atoms with Crippen molar-refractivity contribution < 1.29 is 0 Å². The quantitative estimate of drug-likeness (QED) is 0.906. The maximum absolute atomic E-state index is 4.22. The zero-order valence-corrected chi connectivity index (χ0v) is 11.2. The summed E-state index contributed by atoms with van der Waals surface area (Å²) in [7, 11) is 0. The lowest BCUT2D eigenvalue weighted by molar-refractivity contribution is 0.549. The summed E-state index contributed by atoms with van der Waals surface area (Å²) < 4.78 is 0. The number of pyridine rings is 1. The van der Waals surface area contributed by atoms with Crippen LogP contribution in [0.25, 0.3) is 10.8 Å². The average molecular weight is 258 g/mol. The summed E-state index contributed by atoms with van der Waals surface area (Å²) in [6, 6.07) is 8.47. The van der Waals surface area contributed by atoms with Gasteiger partial charge >= 0.3 is 0 Å². The fourth-order valence-corrected chi connectivity index (χ4v) is 3.65. The van der Waals surface area contributed by atoms with E-state index in [0.29, 0.717) is 0 Å². The highest BCUT2D eigenvalue weighted by Crippen LogP contribution is 2.25. The van der Waals surface area contributed by atoms with E-state index >= 15 is 0 Å². The van der Waals surface area contributed by atoms with Gasteiger partial charge in [0.05, 0.1) is 0 Å². The molecule has 2 heterocycles. The molecule has 1 aliphatic rings. The molecule has 1 fully saturated rings. The molecule has 0 saturated carbocycles. The van der Waals surface area contributed by atoms with Crippen LogP contribution in [-0.4, -0.2) is 23.0 Å². The summed E-state index contributed by atoms with van der Waals surface area (Å²) >= 11 is 2.09. The van der Waals surface area contributed by atoms with Gasteiger partial charge < -0.3 is 5.32 Å². The molecule has 0 spiro atoms. The lowest BCUT2D eigenvalue weighted by Gasteiger charge is -2.22. The van der Waals surface area contributed by atoms with E-state index in [-0.39, 0.29) is 0 Å². The maximum Gasteiger partial charge on any atom is 0.0435 e. The Morgan fingerprint density at radius 1 is 1.33 bits per heavy atom. The molecular formula is C15H18N2S. The summed E-state index contributed by atoms with van der Waals surface area (Å²) in [4.78, 5) is 4.22. The van der Waals surface area contributed by atoms with Gasteiger partial charge in [-0.1, -0.05) is 12.1 Å². The Hall–Kier alpha value is -1.22. The van der Waals surface area contributed by atoms with Gasteiger partial charge in [0.15, 0.2) is 0 Å². The van der Waals surface area contributed by atoms with Crippen LogP contribution in [0.3, 0.4) is 0 Å². The summed E-state index contributed by atoms with van der Waals surface area (Å²) in [5.41, 5.74) is 1.22. The van der Waals surface area contributed by atoms with Crippen molar-refractivity contribution in [1.29, 1.82) is 0 Å². The molecule has 3 rings (SSSR count). The molecule has 18 heavy (non-hydrogen) atoms. The molecule has 0 radical (unpaired) electrons. The Balaban J connectivity index is 1.74. The zero-order chi connectivity index (χ0) is 12.2. The number of benzene rings is 1. The molecule has 3 heteroatoms. The second kappa shape index (κ2) is 5.61. The number of fused-ring (bicyclic) bond motifs is 1. The second-order valence-electron chi connectivity index (χ2n) is 4.87. The zero-order valence-electron chi connectivity index (χ0n) is 10.4. The van der Waals surface area contributed by atoms with Gasteiger partial charge in [-0.25, -0.2) is 0 Å². The molecule has 1 aromatic heterocycles. The van der Waals surface area contributed by atoms with Crippen molar-refractivity contribution in [3.05, 3.63) is 36.7 Å². The van der Waals surface area contributed by atoms with Crippen LogP contribution in [0.2, 0.25) is 0 Å². The molecule has 1 aliphatic heterocycles. The summed E-state index contributed by atoms with van der Waals surface area (Å²) in [5, 5.41) is 6.09. The van der Waals surface area contributed by atoms with Gasteiger partial charge in [0.1, 0.15) is 0 Å². The first-order chi connectivity index (χ1) is 8.93. The first-order valence-corrected chi connectivity index (χ1v) is 7.73. The Kier molecular flexibility index (Phi) is 3.69. The highest BCUT2D eigenvalue weighted by molar-refractivity contribution is 7.99. The van der Waals surface area contributed by atoms with Crippen molar-refractivity contribution in [2.45, 2.75) is 12.8 Å². The minimum absolute atomic E-state index is 0.815. The number of anilines is 1. The molecular weight excluding hydrogens is 240 g/mol. The maximum atomic E-state index is 4.22. The highest BCUT2D eigenvalue weighted by atomic mass is 32.2. The molecule has 1 atom stereocenters. The van der Waals surface area contributed by atoms with Gasteiger partial charge in [0.25, 0.3) is 0 Å². The minimum Gasteiger partial charge on any atom is -0.384 e. The third-order valence-corrected chi connectivity index (χ3v) is 4.80. The molecule has 1 aromatic carbocycles. The second-order valence-corrected chi connectivity index (χ2v) is 6.02. The lowest BCUT2D eigenvalue weighted by Crippen LogP contribution is -2.20. The molecule has 0 amide bonds. The summed E-state index contributed by atoms with van der Waals surface area (Å²) in [5.74, 6) is 3.46. The minimum atomic E-state index is 0.815. The number of rotatable bonds is 3. The Labute approximate surface area is 112 Å². The lowest BCUT2D eigenvalue weighted by atomic mass is 10.1. The van der Waals surface area contributed by atoms with E-state index in [1.807, 2.05) is 12.4 Å². The number of nitrogens with zero attached hydrogens (tertiary/aromatic N) is 1. The third-order valence-electron chi connectivity index (χ3n) is 3.52. The summed E-state index contributed by atoms with van der Waals surface area (Å²) in [6.45, 7) is 1.08. The normalized spacial score (nSPS) is 19.9. The fourth-order valence-electron chi connectivity index (χ4n) is 2.49. The number of hydrogen-bond acceptors (Lipinski definition) is 3. The predicted molar refractivity (Wildman–Crippen MR) is 80.3 cm³/mol. The van der Waals surface area contributed by atoms with E-state index in [1.165, 1.54) is 40.8 Å². The SMILES string of the molecule is c1cc(NCC2CCCSC2)c2cnccc2c1. The van der Waals surface area contributed by atoms with E-state index in [2.05, 4.69) is 46.3 Å². The first kappa shape index (κ1) is 11.8. The van der Waals surface area contributed by atoms with Crippen LogP contribution < -0.4 is 5.32 Å². The van der Waals surface area contributed by atoms with Crippen molar-refractivity contribution in [2.24, 2.45) is 5.92 Å². The smallest absolute Gasteiger partial charge is 0.0435 e. The molecule has 2 aromatic rings. The van der Waals surface area contributed by atoms with Crippen molar-refractivity contribution in [3.8, 4) is 0 Å². The molecule has 94 valence electrons. The highest BCUT2D eigenvalue weighted by Gasteiger charge is 2.13. The van der Waals surface area contributed by atoms with Crippen LogP contribution in [-0.2, 0) is 0 Å². The average Bonchev–Trinajstić information content (AvgIpc) is 2.46. The molecule has 1 N–H and O–H groups in total. The molecule has 0 aliphatic carbocycles. The Bertz CT molecular complexity index is 515. The predicted octanol–water partition coefficient (Wildman–Crippen LogP) is 3.79.